The van der Waals surface area contributed by atoms with Crippen molar-refractivity contribution in [1.82, 2.24) is 0 Å². The Morgan fingerprint density at radius 3 is 2.48 bits per heavy atom. The molecule has 0 saturated heterocycles. The minimum Gasteiger partial charge on any atom is -0.481 e. The first kappa shape index (κ1) is 15.3. The highest BCUT2D eigenvalue weighted by atomic mass is 16.4. The van der Waals surface area contributed by atoms with Gasteiger partial charge in [0, 0.05) is 5.69 Å². The Labute approximate surface area is 135 Å². The van der Waals surface area contributed by atoms with E-state index in [-0.39, 0.29) is 18.2 Å². The van der Waals surface area contributed by atoms with Gasteiger partial charge >= 0.3 is 5.97 Å². The van der Waals surface area contributed by atoms with Gasteiger partial charge in [-0.25, -0.2) is 0 Å². The zero-order valence-corrected chi connectivity index (χ0v) is 12.7. The summed E-state index contributed by atoms with van der Waals surface area (Å²) >= 11 is 0. The smallest absolute Gasteiger partial charge is 0.307 e. The molecule has 2 N–H and O–H groups in total. The van der Waals surface area contributed by atoms with Crippen molar-refractivity contribution in [3.05, 3.63) is 65.7 Å². The molecule has 1 saturated carbocycles. The number of benzene rings is 2. The lowest BCUT2D eigenvalue weighted by molar-refractivity contribution is -0.136. The highest BCUT2D eigenvalue weighted by molar-refractivity contribution is 5.96. The van der Waals surface area contributed by atoms with Crippen LogP contribution < -0.4 is 5.32 Å². The number of rotatable bonds is 6. The molecule has 1 fully saturated rings. The van der Waals surface area contributed by atoms with Gasteiger partial charge in [0.15, 0.2) is 0 Å². The molecule has 0 bridgehead atoms. The summed E-state index contributed by atoms with van der Waals surface area (Å²) < 4.78 is 0. The van der Waals surface area contributed by atoms with Gasteiger partial charge in [0.25, 0.3) is 0 Å². The lowest BCUT2D eigenvalue weighted by Crippen LogP contribution is -2.22. The summed E-state index contributed by atoms with van der Waals surface area (Å²) in [7, 11) is 0. The summed E-state index contributed by atoms with van der Waals surface area (Å²) in [5.74, 6) is -0.640. The maximum absolute atomic E-state index is 12.7. The fraction of sp³-hybridized carbons (Fsp3) is 0.263. The number of carboxylic acids is 1. The third-order valence-electron chi connectivity index (χ3n) is 4.08. The van der Waals surface area contributed by atoms with Crippen molar-refractivity contribution >= 4 is 17.6 Å². The van der Waals surface area contributed by atoms with Crippen molar-refractivity contribution in [2.45, 2.75) is 25.2 Å². The van der Waals surface area contributed by atoms with E-state index in [1.165, 1.54) is 0 Å². The number of carbonyl (C=O) groups excluding carboxylic acids is 1. The Balaban J connectivity index is 1.76. The van der Waals surface area contributed by atoms with E-state index in [0.29, 0.717) is 17.2 Å². The van der Waals surface area contributed by atoms with E-state index in [1.807, 2.05) is 30.3 Å². The average molecular weight is 309 g/mol. The van der Waals surface area contributed by atoms with Crippen LogP contribution in [0.15, 0.2) is 54.6 Å². The number of nitrogens with one attached hydrogen (secondary N) is 1. The number of hydrogen-bond donors (Lipinski definition) is 2. The molecule has 1 amide bonds. The summed E-state index contributed by atoms with van der Waals surface area (Å²) in [6, 6.07) is 16.9. The largest absolute Gasteiger partial charge is 0.481 e. The van der Waals surface area contributed by atoms with Crippen molar-refractivity contribution in [3.8, 4) is 0 Å². The van der Waals surface area contributed by atoms with Crippen LogP contribution in [0.2, 0.25) is 0 Å². The summed E-state index contributed by atoms with van der Waals surface area (Å²) in [5.41, 5.74) is 2.36. The van der Waals surface area contributed by atoms with E-state index >= 15 is 0 Å². The van der Waals surface area contributed by atoms with Crippen LogP contribution in [0.25, 0.3) is 0 Å². The van der Waals surface area contributed by atoms with Crippen molar-refractivity contribution in [3.63, 3.8) is 0 Å². The second kappa shape index (κ2) is 6.65. The summed E-state index contributed by atoms with van der Waals surface area (Å²) in [5, 5.41) is 11.8. The molecule has 4 heteroatoms. The minimum absolute atomic E-state index is 0.0221. The van der Waals surface area contributed by atoms with Gasteiger partial charge in [0.1, 0.15) is 0 Å². The summed E-state index contributed by atoms with van der Waals surface area (Å²) in [6.07, 6.45) is 2.10. The predicted octanol–water partition coefficient (Wildman–Crippen LogP) is 3.45. The molecule has 0 radical (unpaired) electrons. The maximum Gasteiger partial charge on any atom is 0.307 e. The zero-order chi connectivity index (χ0) is 16.2. The molecule has 23 heavy (non-hydrogen) atoms. The lowest BCUT2D eigenvalue weighted by atomic mass is 9.93. The minimum atomic E-state index is -0.881. The molecule has 2 aromatic carbocycles. The number of aliphatic carboxylic acids is 1. The Kier molecular flexibility index (Phi) is 4.42. The van der Waals surface area contributed by atoms with Gasteiger partial charge in [-0.15, -0.1) is 0 Å². The molecule has 4 nitrogen and oxygen atoms in total. The molecule has 1 unspecified atom stereocenters. The van der Waals surface area contributed by atoms with Gasteiger partial charge in [-0.2, -0.15) is 0 Å². The van der Waals surface area contributed by atoms with E-state index in [4.69, 9.17) is 5.11 Å². The van der Waals surface area contributed by atoms with E-state index < -0.39 is 5.97 Å². The molecule has 3 rings (SSSR count). The highest BCUT2D eigenvalue weighted by Gasteiger charge is 2.37. The summed E-state index contributed by atoms with van der Waals surface area (Å²) in [6.45, 7) is 0. The van der Waals surface area contributed by atoms with E-state index in [2.05, 4.69) is 5.32 Å². The fourth-order valence-corrected chi connectivity index (χ4v) is 2.88. The lowest BCUT2D eigenvalue weighted by Gasteiger charge is -2.17. The number of anilines is 1. The first-order chi connectivity index (χ1) is 11.1. The van der Waals surface area contributed by atoms with Gasteiger partial charge in [-0.05, 0) is 42.0 Å². The SMILES string of the molecule is O=C(O)Cc1cccc(NC(=O)C(c2ccccc2)C2CC2)c1. The Hall–Kier alpha value is -2.62. The van der Waals surface area contributed by atoms with Gasteiger partial charge in [-0.3, -0.25) is 9.59 Å². The van der Waals surface area contributed by atoms with E-state index in [9.17, 15) is 9.59 Å². The molecular weight excluding hydrogens is 290 g/mol. The standard InChI is InChI=1S/C19H19NO3/c21-17(22)12-13-5-4-8-16(11-13)20-19(23)18(15-9-10-15)14-6-2-1-3-7-14/h1-8,11,15,18H,9-10,12H2,(H,20,23)(H,21,22). The van der Waals surface area contributed by atoms with Crippen LogP contribution in [0.3, 0.4) is 0 Å². The van der Waals surface area contributed by atoms with Crippen LogP contribution in [0.5, 0.6) is 0 Å². The van der Waals surface area contributed by atoms with Crippen molar-refractivity contribution in [2.24, 2.45) is 5.92 Å². The average Bonchev–Trinajstić information content (AvgIpc) is 3.33. The fourth-order valence-electron chi connectivity index (χ4n) is 2.88. The molecule has 0 aromatic heterocycles. The van der Waals surface area contributed by atoms with Crippen molar-refractivity contribution < 1.29 is 14.7 Å². The summed E-state index contributed by atoms with van der Waals surface area (Å²) in [4.78, 5) is 23.5. The molecule has 1 atom stereocenters. The molecular formula is C19H19NO3. The van der Waals surface area contributed by atoms with Crippen LogP contribution in [0.4, 0.5) is 5.69 Å². The first-order valence-electron chi connectivity index (χ1n) is 7.80. The quantitative estimate of drug-likeness (QED) is 0.859. The monoisotopic (exact) mass is 309 g/mol. The van der Waals surface area contributed by atoms with E-state index in [0.717, 1.165) is 18.4 Å². The number of carbonyl (C=O) groups is 2. The normalized spacial score (nSPS) is 15.0. The molecule has 1 aliphatic carbocycles. The highest BCUT2D eigenvalue weighted by Crippen LogP contribution is 2.43. The Bertz CT molecular complexity index is 708. The Morgan fingerprint density at radius 1 is 1.09 bits per heavy atom. The second-order valence-corrected chi connectivity index (χ2v) is 5.99. The molecule has 0 aliphatic heterocycles. The maximum atomic E-state index is 12.7. The van der Waals surface area contributed by atoms with Gasteiger partial charge in [0.2, 0.25) is 5.91 Å². The van der Waals surface area contributed by atoms with Crippen LogP contribution in [0.1, 0.15) is 29.9 Å². The first-order valence-corrected chi connectivity index (χ1v) is 7.80. The Morgan fingerprint density at radius 2 is 1.83 bits per heavy atom. The number of hydrogen-bond acceptors (Lipinski definition) is 2. The molecule has 0 heterocycles. The molecule has 0 spiro atoms. The number of carboxylic acid groups (broad SMARTS) is 1. The van der Waals surface area contributed by atoms with Crippen LogP contribution >= 0.6 is 0 Å². The third kappa shape index (κ3) is 3.97. The van der Waals surface area contributed by atoms with E-state index in [1.54, 1.807) is 24.3 Å². The van der Waals surface area contributed by atoms with Crippen LogP contribution in [-0.2, 0) is 16.0 Å². The zero-order valence-electron chi connectivity index (χ0n) is 12.7. The molecule has 118 valence electrons. The number of amides is 1. The third-order valence-corrected chi connectivity index (χ3v) is 4.08. The molecule has 1 aliphatic rings. The molecule has 2 aromatic rings. The topological polar surface area (TPSA) is 66.4 Å². The van der Waals surface area contributed by atoms with Gasteiger partial charge in [0.05, 0.1) is 12.3 Å². The van der Waals surface area contributed by atoms with Gasteiger partial charge in [-0.1, -0.05) is 42.5 Å². The van der Waals surface area contributed by atoms with Crippen molar-refractivity contribution in [1.29, 1.82) is 0 Å². The van der Waals surface area contributed by atoms with Crippen molar-refractivity contribution in [2.75, 3.05) is 5.32 Å². The van der Waals surface area contributed by atoms with Gasteiger partial charge < -0.3 is 10.4 Å². The van der Waals surface area contributed by atoms with Crippen LogP contribution in [0, 0.1) is 5.92 Å². The second-order valence-electron chi connectivity index (χ2n) is 5.99. The predicted molar refractivity (Wildman–Crippen MR) is 88.3 cm³/mol. The van der Waals surface area contributed by atoms with Crippen LogP contribution in [-0.4, -0.2) is 17.0 Å².